The zero-order chi connectivity index (χ0) is 13.5. The summed E-state index contributed by atoms with van der Waals surface area (Å²) < 4.78 is 0. The fraction of sp³-hybridized carbons (Fsp3) is 0.750. The zero-order valence-electron chi connectivity index (χ0n) is 10.6. The molecule has 0 aromatic rings. The standard InChI is InChI=1S/C12H18N2O4/c1-7-4-3-5-12(8(7)2)10(17)14(6-9(15)16)11(18)13-12/h7-8H,3-6H2,1-2H3,(H,13,18)(H,15,16). The highest BCUT2D eigenvalue weighted by Gasteiger charge is 2.56. The molecule has 2 aliphatic rings. The van der Waals surface area contributed by atoms with Crippen LogP contribution in [0.1, 0.15) is 33.1 Å². The summed E-state index contributed by atoms with van der Waals surface area (Å²) in [7, 11) is 0. The molecule has 1 saturated carbocycles. The van der Waals surface area contributed by atoms with Crippen LogP contribution in [0.2, 0.25) is 0 Å². The third kappa shape index (κ3) is 1.76. The molecule has 18 heavy (non-hydrogen) atoms. The quantitative estimate of drug-likeness (QED) is 0.714. The van der Waals surface area contributed by atoms with Gasteiger partial charge in [0.15, 0.2) is 0 Å². The first kappa shape index (κ1) is 12.9. The van der Waals surface area contributed by atoms with Gasteiger partial charge in [0, 0.05) is 0 Å². The number of amides is 3. The van der Waals surface area contributed by atoms with E-state index in [9.17, 15) is 14.4 Å². The lowest BCUT2D eigenvalue weighted by Crippen LogP contribution is -2.56. The first-order valence-corrected chi connectivity index (χ1v) is 6.24. The van der Waals surface area contributed by atoms with Crippen molar-refractivity contribution in [2.45, 2.75) is 38.6 Å². The third-order valence-electron chi connectivity index (χ3n) is 4.36. The van der Waals surface area contributed by atoms with Gasteiger partial charge >= 0.3 is 12.0 Å². The van der Waals surface area contributed by atoms with Crippen molar-refractivity contribution < 1.29 is 19.5 Å². The molecule has 1 heterocycles. The molecule has 6 nitrogen and oxygen atoms in total. The minimum absolute atomic E-state index is 0.0292. The van der Waals surface area contributed by atoms with Crippen molar-refractivity contribution in [1.29, 1.82) is 0 Å². The Bertz CT molecular complexity index is 409. The molecule has 0 radical (unpaired) electrons. The average molecular weight is 254 g/mol. The Morgan fingerprint density at radius 1 is 1.50 bits per heavy atom. The van der Waals surface area contributed by atoms with Gasteiger partial charge in [0.25, 0.3) is 5.91 Å². The van der Waals surface area contributed by atoms with Crippen LogP contribution < -0.4 is 5.32 Å². The lowest BCUT2D eigenvalue weighted by Gasteiger charge is -2.40. The van der Waals surface area contributed by atoms with Crippen molar-refractivity contribution >= 4 is 17.9 Å². The van der Waals surface area contributed by atoms with Gasteiger partial charge in [-0.1, -0.05) is 26.7 Å². The summed E-state index contributed by atoms with van der Waals surface area (Å²) in [6, 6.07) is -0.580. The molecule has 1 aliphatic carbocycles. The number of hydrogen-bond donors (Lipinski definition) is 2. The largest absolute Gasteiger partial charge is 0.480 e. The Morgan fingerprint density at radius 2 is 2.17 bits per heavy atom. The Labute approximate surface area is 105 Å². The monoisotopic (exact) mass is 254 g/mol. The van der Waals surface area contributed by atoms with E-state index in [1.807, 2.05) is 6.92 Å². The molecule has 2 fully saturated rings. The molecule has 100 valence electrons. The van der Waals surface area contributed by atoms with Gasteiger partial charge in [-0.25, -0.2) is 4.79 Å². The summed E-state index contributed by atoms with van der Waals surface area (Å²) in [5.41, 5.74) is -0.885. The van der Waals surface area contributed by atoms with Crippen LogP contribution in [-0.4, -0.2) is 40.0 Å². The van der Waals surface area contributed by atoms with Gasteiger partial charge in [-0.05, 0) is 18.3 Å². The number of urea groups is 1. The van der Waals surface area contributed by atoms with Crippen LogP contribution in [-0.2, 0) is 9.59 Å². The fourth-order valence-electron chi connectivity index (χ4n) is 3.07. The van der Waals surface area contributed by atoms with Crippen LogP contribution in [0.15, 0.2) is 0 Å². The summed E-state index contributed by atoms with van der Waals surface area (Å²) in [6.45, 7) is 3.45. The molecule has 1 aliphatic heterocycles. The van der Waals surface area contributed by atoms with Crippen LogP contribution in [0.3, 0.4) is 0 Å². The maximum absolute atomic E-state index is 12.4. The number of carboxylic acid groups (broad SMARTS) is 1. The number of rotatable bonds is 2. The minimum Gasteiger partial charge on any atom is -0.480 e. The lowest BCUT2D eigenvalue weighted by molar-refractivity contribution is -0.144. The Kier molecular flexibility index (Phi) is 3.04. The van der Waals surface area contributed by atoms with Crippen molar-refractivity contribution in [3.05, 3.63) is 0 Å². The predicted octanol–water partition coefficient (Wildman–Crippen LogP) is 0.818. The van der Waals surface area contributed by atoms with Gasteiger partial charge in [-0.2, -0.15) is 0 Å². The normalized spacial score (nSPS) is 36.0. The molecular formula is C12H18N2O4. The van der Waals surface area contributed by atoms with Crippen molar-refractivity contribution in [3.8, 4) is 0 Å². The van der Waals surface area contributed by atoms with Crippen molar-refractivity contribution in [1.82, 2.24) is 10.2 Å². The summed E-state index contributed by atoms with van der Waals surface area (Å²) in [5.74, 6) is -1.18. The van der Waals surface area contributed by atoms with E-state index in [4.69, 9.17) is 5.11 Å². The summed E-state index contributed by atoms with van der Waals surface area (Å²) >= 11 is 0. The van der Waals surface area contributed by atoms with Crippen LogP contribution in [0.25, 0.3) is 0 Å². The molecule has 0 aromatic carbocycles. The molecule has 3 unspecified atom stereocenters. The predicted molar refractivity (Wildman–Crippen MR) is 62.8 cm³/mol. The van der Waals surface area contributed by atoms with E-state index in [0.29, 0.717) is 12.3 Å². The molecular weight excluding hydrogens is 236 g/mol. The molecule has 1 spiro atoms. The molecule has 6 heteroatoms. The second kappa shape index (κ2) is 4.26. The van der Waals surface area contributed by atoms with E-state index >= 15 is 0 Å². The smallest absolute Gasteiger partial charge is 0.325 e. The van der Waals surface area contributed by atoms with Gasteiger partial charge in [0.05, 0.1) is 0 Å². The second-order valence-corrected chi connectivity index (χ2v) is 5.34. The van der Waals surface area contributed by atoms with Crippen LogP contribution >= 0.6 is 0 Å². The fourth-order valence-corrected chi connectivity index (χ4v) is 3.07. The summed E-state index contributed by atoms with van der Waals surface area (Å²) in [5, 5.41) is 11.5. The van der Waals surface area contributed by atoms with Crippen molar-refractivity contribution in [3.63, 3.8) is 0 Å². The first-order chi connectivity index (χ1) is 8.38. The van der Waals surface area contributed by atoms with Crippen molar-refractivity contribution in [2.75, 3.05) is 6.54 Å². The van der Waals surface area contributed by atoms with Gasteiger partial charge in [-0.15, -0.1) is 0 Å². The number of carboxylic acids is 1. The Morgan fingerprint density at radius 3 is 2.78 bits per heavy atom. The van der Waals surface area contributed by atoms with Crippen LogP contribution in [0.4, 0.5) is 4.79 Å². The van der Waals surface area contributed by atoms with E-state index in [-0.39, 0.29) is 11.8 Å². The summed E-state index contributed by atoms with van der Waals surface area (Å²) in [4.78, 5) is 35.6. The zero-order valence-corrected chi connectivity index (χ0v) is 10.6. The van der Waals surface area contributed by atoms with Gasteiger partial charge in [0.1, 0.15) is 12.1 Å². The molecule has 2 N–H and O–H groups in total. The van der Waals surface area contributed by atoms with Gasteiger partial charge in [0.2, 0.25) is 0 Å². The van der Waals surface area contributed by atoms with Crippen LogP contribution in [0, 0.1) is 11.8 Å². The lowest BCUT2D eigenvalue weighted by atomic mass is 9.68. The van der Waals surface area contributed by atoms with E-state index in [1.54, 1.807) is 0 Å². The molecule has 3 atom stereocenters. The maximum Gasteiger partial charge on any atom is 0.325 e. The molecule has 0 bridgehead atoms. The number of hydrogen-bond acceptors (Lipinski definition) is 3. The molecule has 0 aromatic heterocycles. The van der Waals surface area contributed by atoms with E-state index in [2.05, 4.69) is 12.2 Å². The number of carbonyl (C=O) groups is 3. The topological polar surface area (TPSA) is 86.7 Å². The van der Waals surface area contributed by atoms with E-state index in [0.717, 1.165) is 17.7 Å². The van der Waals surface area contributed by atoms with E-state index < -0.39 is 24.1 Å². The SMILES string of the molecule is CC1CCCC2(NC(=O)N(CC(=O)O)C2=O)C1C. The highest BCUT2D eigenvalue weighted by molar-refractivity contribution is 6.08. The molecule has 3 amide bonds. The number of nitrogens with zero attached hydrogens (tertiary/aromatic N) is 1. The van der Waals surface area contributed by atoms with E-state index in [1.165, 1.54) is 0 Å². The molecule has 1 saturated heterocycles. The third-order valence-corrected chi connectivity index (χ3v) is 4.36. The number of aliphatic carboxylic acids is 1. The highest BCUT2D eigenvalue weighted by atomic mass is 16.4. The van der Waals surface area contributed by atoms with Gasteiger partial charge < -0.3 is 10.4 Å². The number of nitrogens with one attached hydrogen (secondary N) is 1. The minimum atomic E-state index is -1.17. The van der Waals surface area contributed by atoms with Crippen molar-refractivity contribution in [2.24, 2.45) is 11.8 Å². The first-order valence-electron chi connectivity index (χ1n) is 6.24. The van der Waals surface area contributed by atoms with Gasteiger partial charge in [-0.3, -0.25) is 14.5 Å². The van der Waals surface area contributed by atoms with Crippen LogP contribution in [0.5, 0.6) is 0 Å². The Hall–Kier alpha value is -1.59. The molecule has 2 rings (SSSR count). The number of carbonyl (C=O) groups excluding carboxylic acids is 2. The number of imide groups is 1. The Balaban J connectivity index is 2.28. The summed E-state index contributed by atoms with van der Waals surface area (Å²) in [6.07, 6.45) is 2.50. The highest BCUT2D eigenvalue weighted by Crippen LogP contribution is 2.41. The average Bonchev–Trinajstić information content (AvgIpc) is 2.51. The second-order valence-electron chi connectivity index (χ2n) is 5.34. The maximum atomic E-state index is 12.4.